The summed E-state index contributed by atoms with van der Waals surface area (Å²) in [5.41, 5.74) is 12.1. The SMILES string of the molecule is NC(=O)COCCNCc1ccc(/C(N)=N/O)cc1. The van der Waals surface area contributed by atoms with E-state index in [1.165, 1.54) is 0 Å². The summed E-state index contributed by atoms with van der Waals surface area (Å²) in [6, 6.07) is 7.31. The largest absolute Gasteiger partial charge is 0.409 e. The van der Waals surface area contributed by atoms with Gasteiger partial charge in [-0.3, -0.25) is 4.79 Å². The molecule has 0 aromatic heterocycles. The lowest BCUT2D eigenvalue weighted by molar-refractivity contribution is -0.122. The first-order valence-electron chi connectivity index (χ1n) is 5.77. The minimum absolute atomic E-state index is 0.0594. The van der Waals surface area contributed by atoms with Crippen molar-refractivity contribution in [3.63, 3.8) is 0 Å². The molecule has 0 radical (unpaired) electrons. The van der Waals surface area contributed by atoms with Crippen molar-refractivity contribution in [1.82, 2.24) is 5.32 Å². The summed E-state index contributed by atoms with van der Waals surface area (Å²) in [4.78, 5) is 10.4. The van der Waals surface area contributed by atoms with Gasteiger partial charge >= 0.3 is 0 Å². The van der Waals surface area contributed by atoms with Crippen molar-refractivity contribution in [2.75, 3.05) is 19.8 Å². The number of oxime groups is 1. The average molecular weight is 266 g/mol. The third-order valence-corrected chi connectivity index (χ3v) is 2.35. The van der Waals surface area contributed by atoms with Gasteiger partial charge in [-0.25, -0.2) is 0 Å². The van der Waals surface area contributed by atoms with E-state index in [0.29, 0.717) is 25.3 Å². The van der Waals surface area contributed by atoms with Crippen LogP contribution < -0.4 is 16.8 Å². The average Bonchev–Trinajstić information content (AvgIpc) is 2.42. The van der Waals surface area contributed by atoms with E-state index in [4.69, 9.17) is 21.4 Å². The number of ether oxygens (including phenoxy) is 1. The molecule has 0 fully saturated rings. The fraction of sp³-hybridized carbons (Fsp3) is 0.333. The van der Waals surface area contributed by atoms with Gasteiger partial charge in [0.05, 0.1) is 6.61 Å². The second-order valence-electron chi connectivity index (χ2n) is 3.88. The number of primary amides is 1. The van der Waals surface area contributed by atoms with Gasteiger partial charge in [-0.2, -0.15) is 0 Å². The van der Waals surface area contributed by atoms with Crippen molar-refractivity contribution in [3.05, 3.63) is 35.4 Å². The number of rotatable bonds is 8. The summed E-state index contributed by atoms with van der Waals surface area (Å²) in [6.07, 6.45) is 0. The van der Waals surface area contributed by atoms with Gasteiger partial charge in [0.2, 0.25) is 5.91 Å². The first kappa shape index (κ1) is 14.9. The highest BCUT2D eigenvalue weighted by Crippen LogP contribution is 2.03. The van der Waals surface area contributed by atoms with E-state index in [2.05, 4.69) is 10.5 Å². The Kier molecular flexibility index (Phi) is 6.34. The summed E-state index contributed by atoms with van der Waals surface area (Å²) in [5.74, 6) is -0.391. The fourth-order valence-electron chi connectivity index (χ4n) is 1.40. The molecular weight excluding hydrogens is 248 g/mol. The van der Waals surface area contributed by atoms with Crippen molar-refractivity contribution in [2.24, 2.45) is 16.6 Å². The molecule has 6 N–H and O–H groups in total. The Labute approximate surface area is 111 Å². The number of nitrogens with two attached hydrogens (primary N) is 2. The van der Waals surface area contributed by atoms with E-state index < -0.39 is 5.91 Å². The molecule has 0 unspecified atom stereocenters. The molecule has 1 aromatic rings. The van der Waals surface area contributed by atoms with E-state index in [9.17, 15) is 4.79 Å². The molecule has 0 spiro atoms. The van der Waals surface area contributed by atoms with Crippen molar-refractivity contribution in [3.8, 4) is 0 Å². The molecular formula is C12H18N4O3. The first-order chi connectivity index (χ1) is 9.13. The second kappa shape index (κ2) is 8.06. The van der Waals surface area contributed by atoms with E-state index in [1.54, 1.807) is 12.1 Å². The van der Waals surface area contributed by atoms with E-state index in [0.717, 1.165) is 5.56 Å². The number of amides is 1. The number of nitrogens with one attached hydrogen (secondary N) is 1. The fourth-order valence-corrected chi connectivity index (χ4v) is 1.40. The summed E-state index contributed by atoms with van der Waals surface area (Å²) in [7, 11) is 0. The van der Waals surface area contributed by atoms with Crippen LogP contribution in [-0.4, -0.2) is 36.7 Å². The normalized spacial score (nSPS) is 11.5. The van der Waals surface area contributed by atoms with E-state index >= 15 is 0 Å². The molecule has 0 aliphatic rings. The third kappa shape index (κ3) is 5.84. The van der Waals surface area contributed by atoms with Crippen LogP contribution in [0.4, 0.5) is 0 Å². The van der Waals surface area contributed by atoms with Gasteiger partial charge in [-0.05, 0) is 5.56 Å². The Morgan fingerprint density at radius 2 is 2.00 bits per heavy atom. The third-order valence-electron chi connectivity index (χ3n) is 2.35. The summed E-state index contributed by atoms with van der Waals surface area (Å²) in [6.45, 7) is 1.65. The van der Waals surface area contributed by atoms with Crippen molar-refractivity contribution < 1.29 is 14.7 Å². The van der Waals surface area contributed by atoms with Crippen LogP contribution >= 0.6 is 0 Å². The number of carbonyl (C=O) groups excluding carboxylic acids is 1. The van der Waals surface area contributed by atoms with Gasteiger partial charge in [-0.1, -0.05) is 29.4 Å². The van der Waals surface area contributed by atoms with Gasteiger partial charge in [0, 0.05) is 18.7 Å². The summed E-state index contributed by atoms with van der Waals surface area (Å²) < 4.78 is 5.00. The molecule has 0 aliphatic heterocycles. The molecule has 7 heteroatoms. The number of benzene rings is 1. The van der Waals surface area contributed by atoms with Crippen molar-refractivity contribution in [2.45, 2.75) is 6.54 Å². The van der Waals surface area contributed by atoms with Crippen molar-refractivity contribution >= 4 is 11.7 Å². The lowest BCUT2D eigenvalue weighted by Crippen LogP contribution is -2.23. The van der Waals surface area contributed by atoms with E-state index in [1.807, 2.05) is 12.1 Å². The Hall–Kier alpha value is -2.12. The number of hydrogen-bond donors (Lipinski definition) is 4. The maximum Gasteiger partial charge on any atom is 0.243 e. The Morgan fingerprint density at radius 3 is 2.58 bits per heavy atom. The standard InChI is InChI=1S/C12H18N4O3/c13-11(17)8-19-6-5-15-7-9-1-3-10(4-2-9)12(14)16-18/h1-4,15,18H,5-8H2,(H2,13,17)(H2,14,16). The molecule has 0 bridgehead atoms. The first-order valence-corrected chi connectivity index (χ1v) is 5.77. The molecule has 1 amide bonds. The molecule has 0 saturated carbocycles. The summed E-state index contributed by atoms with van der Waals surface area (Å²) in [5, 5.41) is 14.6. The molecule has 0 heterocycles. The lowest BCUT2D eigenvalue weighted by Gasteiger charge is -2.06. The molecule has 7 nitrogen and oxygen atoms in total. The number of amidine groups is 1. The molecule has 19 heavy (non-hydrogen) atoms. The van der Waals surface area contributed by atoms with Gasteiger partial charge in [-0.15, -0.1) is 0 Å². The van der Waals surface area contributed by atoms with Crippen LogP contribution in [0.25, 0.3) is 0 Å². The minimum atomic E-state index is -0.473. The maximum atomic E-state index is 10.4. The zero-order valence-corrected chi connectivity index (χ0v) is 10.5. The molecule has 1 aromatic carbocycles. The van der Waals surface area contributed by atoms with Crippen LogP contribution in [0, 0.1) is 0 Å². The molecule has 1 rings (SSSR count). The van der Waals surface area contributed by atoms with Gasteiger partial charge in [0.1, 0.15) is 6.61 Å². The highest BCUT2D eigenvalue weighted by atomic mass is 16.5. The number of nitrogens with zero attached hydrogens (tertiary/aromatic N) is 1. The Balaban J connectivity index is 2.25. The van der Waals surface area contributed by atoms with Crippen LogP contribution in [0.3, 0.4) is 0 Å². The molecule has 0 atom stereocenters. The van der Waals surface area contributed by atoms with Gasteiger partial charge in [0.15, 0.2) is 5.84 Å². The van der Waals surface area contributed by atoms with Crippen LogP contribution in [0.15, 0.2) is 29.4 Å². The molecule has 0 aliphatic carbocycles. The predicted molar refractivity (Wildman–Crippen MR) is 70.7 cm³/mol. The van der Waals surface area contributed by atoms with Crippen LogP contribution in [-0.2, 0) is 16.1 Å². The monoisotopic (exact) mass is 266 g/mol. The molecule has 104 valence electrons. The highest BCUT2D eigenvalue weighted by molar-refractivity contribution is 5.96. The highest BCUT2D eigenvalue weighted by Gasteiger charge is 1.99. The Morgan fingerprint density at radius 1 is 1.32 bits per heavy atom. The number of carbonyl (C=O) groups is 1. The predicted octanol–water partition coefficient (Wildman–Crippen LogP) is -0.627. The zero-order chi connectivity index (χ0) is 14.1. The maximum absolute atomic E-state index is 10.4. The van der Waals surface area contributed by atoms with E-state index in [-0.39, 0.29) is 12.4 Å². The van der Waals surface area contributed by atoms with Crippen LogP contribution in [0.1, 0.15) is 11.1 Å². The van der Waals surface area contributed by atoms with Crippen molar-refractivity contribution in [1.29, 1.82) is 0 Å². The molecule has 0 saturated heterocycles. The number of hydrogen-bond acceptors (Lipinski definition) is 5. The van der Waals surface area contributed by atoms with Gasteiger partial charge in [0.25, 0.3) is 0 Å². The second-order valence-corrected chi connectivity index (χ2v) is 3.88. The van der Waals surface area contributed by atoms with Gasteiger partial charge < -0.3 is 26.7 Å². The lowest BCUT2D eigenvalue weighted by atomic mass is 10.1. The van der Waals surface area contributed by atoms with Crippen LogP contribution in [0.5, 0.6) is 0 Å². The summed E-state index contributed by atoms with van der Waals surface area (Å²) >= 11 is 0. The van der Waals surface area contributed by atoms with Crippen LogP contribution in [0.2, 0.25) is 0 Å². The minimum Gasteiger partial charge on any atom is -0.409 e. The smallest absolute Gasteiger partial charge is 0.243 e. The zero-order valence-electron chi connectivity index (χ0n) is 10.5. The topological polar surface area (TPSA) is 123 Å². The quantitative estimate of drug-likeness (QED) is 0.164. The Bertz CT molecular complexity index is 431.